The van der Waals surface area contributed by atoms with Crippen LogP contribution in [0.2, 0.25) is 0 Å². The van der Waals surface area contributed by atoms with Crippen molar-refractivity contribution >= 4 is 39.5 Å². The van der Waals surface area contributed by atoms with Gasteiger partial charge in [0.2, 0.25) is 0 Å². The molecule has 17 nitrogen and oxygen atoms in total. The normalized spacial score (nSPS) is 14.2. The SMILES string of the molecule is CCCCCCCCCCCCCCCCCCC(=O)OC[C@H](COP(=O)(O)OC[C@@H](O)COP(=O)(O)OC[C@@H](COC(=O)CCCCCCCCCCC)OC(=O)CCCCCCCCCCCCCC)OC(=O)CCCCCCCCCCCCCCCCC(C)CC. The van der Waals surface area contributed by atoms with E-state index in [1.165, 1.54) is 225 Å². The Kier molecular flexibility index (Phi) is 67.7. The molecule has 0 aliphatic carbocycles. The summed E-state index contributed by atoms with van der Waals surface area (Å²) in [5.41, 5.74) is 0. The highest BCUT2D eigenvalue weighted by atomic mass is 31.2. The summed E-state index contributed by atoms with van der Waals surface area (Å²) in [5.74, 6) is -1.27. The molecule has 6 atom stereocenters. The quantitative estimate of drug-likeness (QED) is 0.0222. The van der Waals surface area contributed by atoms with E-state index in [-0.39, 0.29) is 25.7 Å². The van der Waals surface area contributed by atoms with E-state index in [9.17, 15) is 43.2 Å². The Labute approximate surface area is 581 Å². The second kappa shape index (κ2) is 69.2. The van der Waals surface area contributed by atoms with Crippen molar-refractivity contribution in [3.63, 3.8) is 0 Å². The van der Waals surface area contributed by atoms with Gasteiger partial charge >= 0.3 is 39.5 Å². The van der Waals surface area contributed by atoms with E-state index in [4.69, 9.17) is 37.0 Å². The summed E-state index contributed by atoms with van der Waals surface area (Å²) in [4.78, 5) is 72.8. The van der Waals surface area contributed by atoms with Gasteiger partial charge in [-0.2, -0.15) is 0 Å². The van der Waals surface area contributed by atoms with Crippen LogP contribution in [0.5, 0.6) is 0 Å². The summed E-state index contributed by atoms with van der Waals surface area (Å²) in [7, 11) is -9.91. The van der Waals surface area contributed by atoms with Crippen LogP contribution in [0, 0.1) is 5.92 Å². The van der Waals surface area contributed by atoms with Gasteiger partial charge in [-0.25, -0.2) is 9.13 Å². The molecule has 0 saturated heterocycles. The number of hydrogen-bond acceptors (Lipinski definition) is 15. The van der Waals surface area contributed by atoms with Crippen molar-refractivity contribution in [1.82, 2.24) is 0 Å². The third kappa shape index (κ3) is 69.0. The van der Waals surface area contributed by atoms with Gasteiger partial charge in [0, 0.05) is 25.7 Å². The largest absolute Gasteiger partial charge is 0.472 e. The highest BCUT2D eigenvalue weighted by molar-refractivity contribution is 7.47. The summed E-state index contributed by atoms with van der Waals surface area (Å²) in [6, 6.07) is 0. The van der Waals surface area contributed by atoms with E-state index in [0.717, 1.165) is 95.8 Å². The number of esters is 4. The summed E-state index contributed by atoms with van der Waals surface area (Å²) in [6.45, 7) is 7.34. The number of carbonyl (C=O) groups is 4. The van der Waals surface area contributed by atoms with E-state index in [1.807, 2.05) is 0 Å². The van der Waals surface area contributed by atoms with Crippen LogP contribution in [0.3, 0.4) is 0 Å². The maximum absolute atomic E-state index is 13.1. The summed E-state index contributed by atoms with van der Waals surface area (Å²) in [6.07, 6.45) is 58.1. The minimum Gasteiger partial charge on any atom is -0.462 e. The number of aliphatic hydroxyl groups is 1. The van der Waals surface area contributed by atoms with Gasteiger partial charge in [-0.05, 0) is 31.6 Å². The molecule has 564 valence electrons. The van der Waals surface area contributed by atoms with Crippen molar-refractivity contribution in [2.24, 2.45) is 5.92 Å². The fourth-order valence-electron chi connectivity index (χ4n) is 11.7. The molecule has 0 aromatic rings. The molecule has 0 fully saturated rings. The van der Waals surface area contributed by atoms with E-state index in [0.29, 0.717) is 25.7 Å². The van der Waals surface area contributed by atoms with Crippen molar-refractivity contribution in [3.8, 4) is 0 Å². The van der Waals surface area contributed by atoms with Crippen molar-refractivity contribution in [2.75, 3.05) is 39.6 Å². The molecule has 95 heavy (non-hydrogen) atoms. The smallest absolute Gasteiger partial charge is 0.462 e. The number of hydrogen-bond donors (Lipinski definition) is 3. The first-order chi connectivity index (χ1) is 46.1. The molecule has 0 aromatic carbocycles. The number of phosphoric acid groups is 2. The highest BCUT2D eigenvalue weighted by Gasteiger charge is 2.30. The predicted molar refractivity (Wildman–Crippen MR) is 386 cm³/mol. The summed E-state index contributed by atoms with van der Waals surface area (Å²) in [5, 5.41) is 10.6. The van der Waals surface area contributed by atoms with Gasteiger partial charge in [0.15, 0.2) is 12.2 Å². The summed E-state index contributed by atoms with van der Waals surface area (Å²) < 4.78 is 68.5. The van der Waals surface area contributed by atoms with Gasteiger partial charge < -0.3 is 33.8 Å². The Morgan fingerprint density at radius 1 is 0.295 bits per heavy atom. The summed E-state index contributed by atoms with van der Waals surface area (Å²) >= 11 is 0. The average Bonchev–Trinajstić information content (AvgIpc) is 1.36. The zero-order valence-electron chi connectivity index (χ0n) is 61.8. The lowest BCUT2D eigenvalue weighted by Gasteiger charge is -2.21. The molecule has 0 radical (unpaired) electrons. The molecule has 0 aromatic heterocycles. The maximum atomic E-state index is 13.1. The molecule has 3 N–H and O–H groups in total. The molecular formula is C76H148O17P2. The van der Waals surface area contributed by atoms with E-state index in [2.05, 4.69) is 34.6 Å². The number of carbonyl (C=O) groups excluding carboxylic acids is 4. The van der Waals surface area contributed by atoms with Crippen molar-refractivity contribution in [3.05, 3.63) is 0 Å². The first-order valence-electron chi connectivity index (χ1n) is 39.7. The van der Waals surface area contributed by atoms with Crippen molar-refractivity contribution in [2.45, 2.75) is 419 Å². The molecule has 0 amide bonds. The number of phosphoric ester groups is 2. The molecule has 0 aliphatic rings. The van der Waals surface area contributed by atoms with Gasteiger partial charge in [0.25, 0.3) is 0 Å². The second-order valence-electron chi connectivity index (χ2n) is 27.6. The molecule has 0 aliphatic heterocycles. The van der Waals surface area contributed by atoms with Gasteiger partial charge in [-0.1, -0.05) is 349 Å². The highest BCUT2D eigenvalue weighted by Crippen LogP contribution is 2.45. The molecule has 19 heteroatoms. The van der Waals surface area contributed by atoms with E-state index < -0.39 is 97.5 Å². The standard InChI is InChI=1S/C76H148O17P2/c1-6-10-13-16-19-22-24-26-27-28-32-36-40-45-50-55-60-74(79)87-66-72(93-76(81)62-57-52-47-42-37-33-30-29-31-34-39-43-48-53-58-69(5)9-4)68-91-95(84,85)89-64-70(77)63-88-94(82,83)90-67-71(65-86-73(78)59-54-49-44-38-21-18-15-12-8-3)92-75(80)61-56-51-46-41-35-25-23-20-17-14-11-7-2/h69-72,77H,6-68H2,1-5H3,(H,82,83)(H,84,85)/t69?,70-,71+,72+/m0/s1. The van der Waals surface area contributed by atoms with Crippen molar-refractivity contribution < 1.29 is 80.2 Å². The Balaban J connectivity index is 5.22. The van der Waals surface area contributed by atoms with Gasteiger partial charge in [-0.15, -0.1) is 0 Å². The average molecular weight is 1400 g/mol. The molecule has 0 bridgehead atoms. The van der Waals surface area contributed by atoms with E-state index in [1.54, 1.807) is 0 Å². The van der Waals surface area contributed by atoms with Crippen LogP contribution in [0.15, 0.2) is 0 Å². The zero-order valence-corrected chi connectivity index (χ0v) is 63.6. The third-order valence-corrected chi connectivity index (χ3v) is 20.0. The van der Waals surface area contributed by atoms with Gasteiger partial charge in [0.05, 0.1) is 26.4 Å². The number of unbranched alkanes of at least 4 members (excludes halogenated alkanes) is 47. The molecular weight excluding hydrogens is 1250 g/mol. The lowest BCUT2D eigenvalue weighted by atomic mass is 9.99. The fourth-order valence-corrected chi connectivity index (χ4v) is 13.3. The predicted octanol–water partition coefficient (Wildman–Crippen LogP) is 22.5. The number of aliphatic hydroxyl groups excluding tert-OH is 1. The molecule has 0 rings (SSSR count). The minimum atomic E-state index is -4.96. The molecule has 0 saturated carbocycles. The topological polar surface area (TPSA) is 237 Å². The first-order valence-corrected chi connectivity index (χ1v) is 42.7. The minimum absolute atomic E-state index is 0.108. The van der Waals surface area contributed by atoms with Crippen LogP contribution in [0.1, 0.15) is 401 Å². The third-order valence-electron chi connectivity index (χ3n) is 18.1. The molecule has 0 heterocycles. The van der Waals surface area contributed by atoms with Crippen LogP contribution < -0.4 is 0 Å². The van der Waals surface area contributed by atoms with Crippen LogP contribution in [0.25, 0.3) is 0 Å². The maximum Gasteiger partial charge on any atom is 0.472 e. The van der Waals surface area contributed by atoms with Crippen LogP contribution in [-0.4, -0.2) is 96.7 Å². The monoisotopic (exact) mass is 1400 g/mol. The van der Waals surface area contributed by atoms with Crippen LogP contribution in [0.4, 0.5) is 0 Å². The number of ether oxygens (including phenoxy) is 4. The van der Waals surface area contributed by atoms with Gasteiger partial charge in [-0.3, -0.25) is 37.3 Å². The Hall–Kier alpha value is -1.94. The Morgan fingerprint density at radius 2 is 0.505 bits per heavy atom. The lowest BCUT2D eigenvalue weighted by molar-refractivity contribution is -0.161. The van der Waals surface area contributed by atoms with Crippen molar-refractivity contribution in [1.29, 1.82) is 0 Å². The second-order valence-corrected chi connectivity index (χ2v) is 30.5. The first kappa shape index (κ1) is 93.1. The fraction of sp³-hybridized carbons (Fsp3) is 0.947. The molecule has 3 unspecified atom stereocenters. The number of rotatable bonds is 76. The zero-order chi connectivity index (χ0) is 69.8. The Morgan fingerprint density at radius 3 is 0.747 bits per heavy atom. The Bertz CT molecular complexity index is 1820. The van der Waals surface area contributed by atoms with Crippen LogP contribution >= 0.6 is 15.6 Å². The lowest BCUT2D eigenvalue weighted by Crippen LogP contribution is -2.30. The van der Waals surface area contributed by atoms with Crippen LogP contribution in [-0.2, 0) is 65.4 Å². The molecule has 0 spiro atoms. The van der Waals surface area contributed by atoms with Gasteiger partial charge in [0.1, 0.15) is 19.3 Å². The van der Waals surface area contributed by atoms with E-state index >= 15 is 0 Å².